The largest absolute Gasteiger partial charge is 0.427 e. The minimum Gasteiger partial charge on any atom is -0.427 e. The molecular weight excluding hydrogens is 364 g/mol. The number of allylic oxidation sites excluding steroid dienone is 1. The van der Waals surface area contributed by atoms with Gasteiger partial charge in [0.15, 0.2) is 0 Å². The van der Waals surface area contributed by atoms with Crippen molar-refractivity contribution in [3.63, 3.8) is 0 Å². The second-order valence-electron chi connectivity index (χ2n) is 8.13. The van der Waals surface area contributed by atoms with Gasteiger partial charge in [-0.15, -0.1) is 0 Å². The van der Waals surface area contributed by atoms with E-state index in [0.717, 1.165) is 17.0 Å². The van der Waals surface area contributed by atoms with Gasteiger partial charge in [-0.05, 0) is 78.0 Å². The van der Waals surface area contributed by atoms with Crippen molar-refractivity contribution in [2.45, 2.75) is 40.0 Å². The topological polar surface area (TPSA) is 52.6 Å². The number of rotatable bonds is 4. The van der Waals surface area contributed by atoms with Crippen LogP contribution in [0.25, 0.3) is 5.57 Å². The molecule has 3 atom stereocenters. The molecule has 2 fully saturated rings. The summed E-state index contributed by atoms with van der Waals surface area (Å²) in [4.78, 5) is 22.5. The van der Waals surface area contributed by atoms with Gasteiger partial charge in [0.25, 0.3) is 0 Å². The Morgan fingerprint density at radius 3 is 1.66 bits per heavy atom. The molecule has 2 aliphatic carbocycles. The highest BCUT2D eigenvalue weighted by Gasteiger charge is 2.42. The molecule has 0 aliphatic heterocycles. The molecule has 4 nitrogen and oxygen atoms in total. The van der Waals surface area contributed by atoms with E-state index in [4.69, 9.17) is 9.47 Å². The van der Waals surface area contributed by atoms with Crippen molar-refractivity contribution in [3.05, 3.63) is 65.2 Å². The fraction of sp³-hybridized carbons (Fsp3) is 0.360. The van der Waals surface area contributed by atoms with Gasteiger partial charge in [0.1, 0.15) is 11.5 Å². The Balaban J connectivity index is 1.77. The van der Waals surface area contributed by atoms with Crippen LogP contribution in [0.15, 0.2) is 54.1 Å². The number of benzene rings is 2. The lowest BCUT2D eigenvalue weighted by atomic mass is 9.79. The summed E-state index contributed by atoms with van der Waals surface area (Å²) < 4.78 is 10.4. The molecule has 2 aromatic carbocycles. The third kappa shape index (κ3) is 3.98. The Morgan fingerprint density at radius 2 is 1.28 bits per heavy atom. The van der Waals surface area contributed by atoms with Crippen LogP contribution in [0.4, 0.5) is 0 Å². The second kappa shape index (κ2) is 7.86. The zero-order valence-corrected chi connectivity index (χ0v) is 17.1. The molecule has 4 heteroatoms. The molecular formula is C25H26O4. The van der Waals surface area contributed by atoms with Crippen molar-refractivity contribution < 1.29 is 19.1 Å². The van der Waals surface area contributed by atoms with Crippen molar-refractivity contribution in [3.8, 4) is 11.5 Å². The molecule has 0 amide bonds. The van der Waals surface area contributed by atoms with E-state index in [9.17, 15) is 9.59 Å². The maximum Gasteiger partial charge on any atom is 0.308 e. The molecule has 0 unspecified atom stereocenters. The Bertz CT molecular complexity index is 888. The van der Waals surface area contributed by atoms with Gasteiger partial charge in [0.2, 0.25) is 0 Å². The van der Waals surface area contributed by atoms with Crippen LogP contribution in [0.5, 0.6) is 11.5 Å². The van der Waals surface area contributed by atoms with Crippen LogP contribution in [0.1, 0.15) is 51.2 Å². The molecule has 0 aromatic heterocycles. The van der Waals surface area contributed by atoms with E-state index in [2.05, 4.69) is 6.92 Å². The Morgan fingerprint density at radius 1 is 0.793 bits per heavy atom. The van der Waals surface area contributed by atoms with Crippen molar-refractivity contribution in [2.24, 2.45) is 17.8 Å². The molecule has 4 rings (SSSR count). The zero-order chi connectivity index (χ0) is 20.5. The van der Waals surface area contributed by atoms with E-state index >= 15 is 0 Å². The zero-order valence-electron chi connectivity index (χ0n) is 17.1. The third-order valence-electron chi connectivity index (χ3n) is 6.21. The lowest BCUT2D eigenvalue weighted by molar-refractivity contribution is -0.132. The van der Waals surface area contributed by atoms with Crippen LogP contribution < -0.4 is 9.47 Å². The lowest BCUT2D eigenvalue weighted by Crippen LogP contribution is -2.12. The first-order valence-electron chi connectivity index (χ1n) is 10.2. The van der Waals surface area contributed by atoms with Crippen molar-refractivity contribution in [1.82, 2.24) is 0 Å². The van der Waals surface area contributed by atoms with Crippen LogP contribution in [0.3, 0.4) is 0 Å². The van der Waals surface area contributed by atoms with Crippen molar-refractivity contribution >= 4 is 17.5 Å². The van der Waals surface area contributed by atoms with E-state index in [0.29, 0.717) is 23.3 Å². The van der Waals surface area contributed by atoms with E-state index in [1.807, 2.05) is 48.5 Å². The monoisotopic (exact) mass is 390 g/mol. The summed E-state index contributed by atoms with van der Waals surface area (Å²) in [6, 6.07) is 15.5. The summed E-state index contributed by atoms with van der Waals surface area (Å²) in [6.07, 6.45) is 3.85. The molecule has 0 spiro atoms. The second-order valence-corrected chi connectivity index (χ2v) is 8.13. The predicted molar refractivity (Wildman–Crippen MR) is 112 cm³/mol. The van der Waals surface area contributed by atoms with Crippen LogP contribution in [0.2, 0.25) is 0 Å². The highest BCUT2D eigenvalue weighted by atomic mass is 16.5. The van der Waals surface area contributed by atoms with E-state index in [-0.39, 0.29) is 11.9 Å². The quantitative estimate of drug-likeness (QED) is 0.518. The van der Waals surface area contributed by atoms with Gasteiger partial charge in [-0.2, -0.15) is 0 Å². The summed E-state index contributed by atoms with van der Waals surface area (Å²) in [5.41, 5.74) is 5.03. The fourth-order valence-corrected chi connectivity index (χ4v) is 5.02. The molecule has 29 heavy (non-hydrogen) atoms. The minimum atomic E-state index is -0.320. The summed E-state index contributed by atoms with van der Waals surface area (Å²) in [7, 11) is 0. The molecule has 2 aliphatic rings. The Labute approximate surface area is 171 Å². The molecule has 0 heterocycles. The van der Waals surface area contributed by atoms with Gasteiger partial charge in [-0.1, -0.05) is 36.8 Å². The molecule has 2 bridgehead atoms. The molecule has 150 valence electrons. The average Bonchev–Trinajstić information content (AvgIpc) is 3.26. The van der Waals surface area contributed by atoms with Gasteiger partial charge in [0.05, 0.1) is 0 Å². The SMILES string of the molecule is CC(=O)Oc1ccc(C(=C2[C@H]3CC[C@@H](C3)[C@H]2C)c2ccc(OC(C)=O)cc2)cc1. The highest BCUT2D eigenvalue weighted by Crippen LogP contribution is 2.55. The highest BCUT2D eigenvalue weighted by molar-refractivity contribution is 5.84. The number of ether oxygens (including phenoxy) is 2. The lowest BCUT2D eigenvalue weighted by Gasteiger charge is -2.26. The van der Waals surface area contributed by atoms with Crippen molar-refractivity contribution in [1.29, 1.82) is 0 Å². The molecule has 2 saturated carbocycles. The van der Waals surface area contributed by atoms with E-state index in [1.165, 1.54) is 44.3 Å². The van der Waals surface area contributed by atoms with Crippen molar-refractivity contribution in [2.75, 3.05) is 0 Å². The molecule has 2 aromatic rings. The number of fused-ring (bicyclic) bond motifs is 2. The molecule has 0 saturated heterocycles. The van der Waals surface area contributed by atoms with Gasteiger partial charge in [0, 0.05) is 13.8 Å². The number of hydrogen-bond acceptors (Lipinski definition) is 4. The van der Waals surface area contributed by atoms with Crippen LogP contribution in [-0.2, 0) is 9.59 Å². The van der Waals surface area contributed by atoms with Crippen LogP contribution in [0, 0.1) is 17.8 Å². The summed E-state index contributed by atoms with van der Waals surface area (Å²) >= 11 is 0. The first-order valence-corrected chi connectivity index (χ1v) is 10.2. The summed E-state index contributed by atoms with van der Waals surface area (Å²) in [6.45, 7) is 5.16. The van der Waals surface area contributed by atoms with Crippen LogP contribution in [-0.4, -0.2) is 11.9 Å². The van der Waals surface area contributed by atoms with E-state index < -0.39 is 0 Å². The summed E-state index contributed by atoms with van der Waals surface area (Å²) in [5, 5.41) is 0. The smallest absolute Gasteiger partial charge is 0.308 e. The summed E-state index contributed by atoms with van der Waals surface area (Å²) in [5.74, 6) is 2.42. The first kappa shape index (κ1) is 19.4. The number of esters is 2. The fourth-order valence-electron chi connectivity index (χ4n) is 5.02. The van der Waals surface area contributed by atoms with Gasteiger partial charge in [-0.3, -0.25) is 9.59 Å². The number of hydrogen-bond donors (Lipinski definition) is 0. The molecule has 0 radical (unpaired) electrons. The first-order chi connectivity index (χ1) is 13.9. The third-order valence-corrected chi connectivity index (χ3v) is 6.21. The van der Waals surface area contributed by atoms with E-state index in [1.54, 1.807) is 0 Å². The Kier molecular flexibility index (Phi) is 5.27. The molecule has 0 N–H and O–H groups in total. The van der Waals surface area contributed by atoms with Gasteiger partial charge < -0.3 is 9.47 Å². The standard InChI is InChI=1S/C25H26O4/c1-15-20-4-5-21(14-20)24(15)25(18-6-10-22(11-7-18)28-16(2)26)19-8-12-23(13-9-19)29-17(3)27/h6-13,15,20-21H,4-5,14H2,1-3H3/t15-,20+,21+/m1/s1. The minimum absolute atomic E-state index is 0.320. The maximum atomic E-state index is 11.2. The predicted octanol–water partition coefficient (Wildman–Crippen LogP) is 5.41. The normalized spacial score (nSPS) is 22.4. The van der Waals surface area contributed by atoms with Gasteiger partial charge in [-0.25, -0.2) is 0 Å². The van der Waals surface area contributed by atoms with Crippen LogP contribution >= 0.6 is 0 Å². The Hall–Kier alpha value is -2.88. The van der Waals surface area contributed by atoms with Gasteiger partial charge >= 0.3 is 11.9 Å². The average molecular weight is 390 g/mol. The number of carbonyl (C=O) groups is 2. The maximum absolute atomic E-state index is 11.2. The number of carbonyl (C=O) groups excluding carboxylic acids is 2.